The molecule has 0 bridgehead atoms. The molecule has 0 aliphatic heterocycles. The van der Waals surface area contributed by atoms with Gasteiger partial charge in [0.1, 0.15) is 5.69 Å². The van der Waals surface area contributed by atoms with Crippen LogP contribution in [0, 0.1) is 12.3 Å². The number of aromatic nitrogens is 1. The average molecular weight is 313 g/mol. The van der Waals surface area contributed by atoms with Gasteiger partial charge in [-0.05, 0) is 26.3 Å². The van der Waals surface area contributed by atoms with Crippen molar-refractivity contribution in [3.05, 3.63) is 22.5 Å². The number of ether oxygens (including phenoxy) is 2. The Kier molecular flexibility index (Phi) is 6.29. The number of hydrogen-bond acceptors (Lipinski definition) is 6. The number of H-pyrrole nitrogens is 1. The van der Waals surface area contributed by atoms with Gasteiger partial charge >= 0.3 is 11.9 Å². The molecule has 0 fully saturated rings. The van der Waals surface area contributed by atoms with Gasteiger partial charge in [-0.3, -0.25) is 5.41 Å². The van der Waals surface area contributed by atoms with Gasteiger partial charge in [-0.1, -0.05) is 11.8 Å². The highest BCUT2D eigenvalue weighted by molar-refractivity contribution is 8.13. The summed E-state index contributed by atoms with van der Waals surface area (Å²) in [6, 6.07) is 0. The Balaban J connectivity index is 3.19. The first-order valence-corrected chi connectivity index (χ1v) is 7.43. The second-order valence-corrected chi connectivity index (χ2v) is 5.09. The van der Waals surface area contributed by atoms with Crippen molar-refractivity contribution in [3.63, 3.8) is 0 Å². The summed E-state index contributed by atoms with van der Waals surface area (Å²) in [5, 5.41) is 7.16. The average Bonchev–Trinajstić information content (AvgIpc) is 2.74. The molecule has 1 rings (SSSR count). The fourth-order valence-electron chi connectivity index (χ4n) is 1.80. The third kappa shape index (κ3) is 4.25. The maximum atomic E-state index is 12.0. The minimum atomic E-state index is -0.528. The third-order valence-electron chi connectivity index (χ3n) is 2.66. The van der Waals surface area contributed by atoms with Crippen molar-refractivity contribution in [2.45, 2.75) is 26.5 Å². The van der Waals surface area contributed by atoms with Crippen molar-refractivity contribution in [3.8, 4) is 0 Å². The van der Waals surface area contributed by atoms with E-state index in [-0.39, 0.29) is 29.8 Å². The fraction of sp³-hybridized carbons (Fsp3) is 0.462. The monoisotopic (exact) mass is 313 g/mol. The molecular formula is C13H19N3O4S. The predicted octanol–water partition coefficient (Wildman–Crippen LogP) is 1.80. The number of carbonyl (C=O) groups excluding carboxylic acids is 2. The summed E-state index contributed by atoms with van der Waals surface area (Å²) in [6.45, 7) is 5.53. The summed E-state index contributed by atoms with van der Waals surface area (Å²) in [4.78, 5) is 26.8. The SMILES string of the molecule is CCOC(=O)c1[nH]c(CSC(=N)N)c(C(=O)OCC)c1C. The van der Waals surface area contributed by atoms with Gasteiger partial charge in [0.25, 0.3) is 0 Å². The van der Waals surface area contributed by atoms with Crippen molar-refractivity contribution < 1.29 is 19.1 Å². The van der Waals surface area contributed by atoms with E-state index in [2.05, 4.69) is 4.98 Å². The third-order valence-corrected chi connectivity index (χ3v) is 3.40. The molecule has 0 aliphatic rings. The Hall–Kier alpha value is -1.96. The Morgan fingerprint density at radius 2 is 1.81 bits per heavy atom. The molecule has 7 nitrogen and oxygen atoms in total. The Morgan fingerprint density at radius 1 is 1.24 bits per heavy atom. The maximum absolute atomic E-state index is 12.0. The zero-order valence-electron chi connectivity index (χ0n) is 12.2. The van der Waals surface area contributed by atoms with Crippen LogP contribution in [0.3, 0.4) is 0 Å². The van der Waals surface area contributed by atoms with Crippen LogP contribution in [0.25, 0.3) is 0 Å². The molecule has 8 heteroatoms. The van der Waals surface area contributed by atoms with E-state index in [0.717, 1.165) is 11.8 Å². The molecule has 1 heterocycles. The number of rotatable bonds is 6. The molecule has 21 heavy (non-hydrogen) atoms. The summed E-state index contributed by atoms with van der Waals surface area (Å²) < 4.78 is 9.95. The quantitative estimate of drug-likeness (QED) is 0.418. The van der Waals surface area contributed by atoms with Crippen LogP contribution in [0.2, 0.25) is 0 Å². The number of aromatic amines is 1. The van der Waals surface area contributed by atoms with E-state index in [9.17, 15) is 9.59 Å². The van der Waals surface area contributed by atoms with Gasteiger partial charge in [-0.15, -0.1) is 0 Å². The Bertz CT molecular complexity index is 554. The van der Waals surface area contributed by atoms with Crippen LogP contribution in [-0.2, 0) is 15.2 Å². The fourth-order valence-corrected chi connectivity index (χ4v) is 2.32. The number of esters is 2. The largest absolute Gasteiger partial charge is 0.462 e. The van der Waals surface area contributed by atoms with Gasteiger partial charge in [-0.2, -0.15) is 0 Å². The molecular weight excluding hydrogens is 294 g/mol. The van der Waals surface area contributed by atoms with Crippen molar-refractivity contribution in [2.75, 3.05) is 13.2 Å². The van der Waals surface area contributed by atoms with Crippen LogP contribution >= 0.6 is 11.8 Å². The first kappa shape index (κ1) is 17.1. The lowest BCUT2D eigenvalue weighted by Crippen LogP contribution is -2.10. The molecule has 1 aromatic rings. The second-order valence-electron chi connectivity index (χ2n) is 4.07. The van der Waals surface area contributed by atoms with Crippen molar-refractivity contribution >= 4 is 28.9 Å². The lowest BCUT2D eigenvalue weighted by Gasteiger charge is -2.04. The highest BCUT2D eigenvalue weighted by Crippen LogP contribution is 2.24. The number of nitrogens with one attached hydrogen (secondary N) is 2. The highest BCUT2D eigenvalue weighted by Gasteiger charge is 2.25. The van der Waals surface area contributed by atoms with Crippen LogP contribution in [0.4, 0.5) is 0 Å². The van der Waals surface area contributed by atoms with E-state index in [1.54, 1.807) is 20.8 Å². The summed E-state index contributed by atoms with van der Waals surface area (Å²) >= 11 is 1.05. The van der Waals surface area contributed by atoms with Crippen LogP contribution in [0.5, 0.6) is 0 Å². The number of thioether (sulfide) groups is 1. The molecule has 0 spiro atoms. The normalized spacial score (nSPS) is 10.2. The first-order chi connectivity index (χ1) is 9.92. The number of amidine groups is 1. The minimum Gasteiger partial charge on any atom is -0.462 e. The summed E-state index contributed by atoms with van der Waals surface area (Å²) in [6.07, 6.45) is 0. The van der Waals surface area contributed by atoms with Crippen molar-refractivity contribution in [1.29, 1.82) is 5.41 Å². The smallest absolute Gasteiger partial charge is 0.355 e. The number of carbonyl (C=O) groups is 2. The lowest BCUT2D eigenvalue weighted by molar-refractivity contribution is 0.0518. The van der Waals surface area contributed by atoms with Crippen LogP contribution in [-0.4, -0.2) is 35.3 Å². The Labute approximate surface area is 127 Å². The highest BCUT2D eigenvalue weighted by atomic mass is 32.2. The summed E-state index contributed by atoms with van der Waals surface area (Å²) in [7, 11) is 0. The van der Waals surface area contributed by atoms with Gasteiger partial charge in [0.15, 0.2) is 5.17 Å². The molecule has 0 unspecified atom stereocenters. The molecule has 0 radical (unpaired) electrons. The number of nitrogens with two attached hydrogens (primary N) is 1. The summed E-state index contributed by atoms with van der Waals surface area (Å²) in [5.41, 5.74) is 6.80. The van der Waals surface area contributed by atoms with E-state index in [1.165, 1.54) is 0 Å². The van der Waals surface area contributed by atoms with Crippen LogP contribution in [0.1, 0.15) is 46.0 Å². The van der Waals surface area contributed by atoms with Gasteiger partial charge in [-0.25, -0.2) is 9.59 Å². The predicted molar refractivity (Wildman–Crippen MR) is 80.7 cm³/mol. The first-order valence-electron chi connectivity index (χ1n) is 6.44. The van der Waals surface area contributed by atoms with Crippen molar-refractivity contribution in [2.24, 2.45) is 5.73 Å². The lowest BCUT2D eigenvalue weighted by atomic mass is 10.1. The van der Waals surface area contributed by atoms with Gasteiger partial charge in [0.2, 0.25) is 0 Å². The molecule has 0 amide bonds. The van der Waals surface area contributed by atoms with E-state index < -0.39 is 11.9 Å². The maximum Gasteiger partial charge on any atom is 0.355 e. The van der Waals surface area contributed by atoms with Crippen LogP contribution in [0.15, 0.2) is 0 Å². The van der Waals surface area contributed by atoms with E-state index in [1.807, 2.05) is 0 Å². The zero-order valence-corrected chi connectivity index (χ0v) is 13.1. The van der Waals surface area contributed by atoms with Gasteiger partial charge in [0, 0.05) is 11.4 Å². The van der Waals surface area contributed by atoms with E-state index >= 15 is 0 Å². The zero-order chi connectivity index (χ0) is 16.0. The van der Waals surface area contributed by atoms with E-state index in [4.69, 9.17) is 20.6 Å². The Morgan fingerprint density at radius 3 is 2.33 bits per heavy atom. The van der Waals surface area contributed by atoms with E-state index in [0.29, 0.717) is 16.8 Å². The molecule has 0 saturated carbocycles. The number of hydrogen-bond donors (Lipinski definition) is 3. The molecule has 116 valence electrons. The van der Waals surface area contributed by atoms with Gasteiger partial charge in [0.05, 0.1) is 18.8 Å². The summed E-state index contributed by atoms with van der Waals surface area (Å²) in [5.74, 6) is -0.774. The van der Waals surface area contributed by atoms with Gasteiger partial charge < -0.3 is 20.2 Å². The minimum absolute atomic E-state index is 0.0743. The molecule has 0 saturated heterocycles. The van der Waals surface area contributed by atoms with Crippen LogP contribution < -0.4 is 5.73 Å². The molecule has 1 aromatic heterocycles. The van der Waals surface area contributed by atoms with Crippen molar-refractivity contribution in [1.82, 2.24) is 4.98 Å². The molecule has 0 aromatic carbocycles. The standard InChI is InChI=1S/C13H19N3O4S/c1-4-19-11(17)9-7(3)10(12(18)20-5-2)16-8(9)6-21-13(14)15/h16H,4-6H2,1-3H3,(H3,14,15). The molecule has 0 aliphatic carbocycles. The second kappa shape index (κ2) is 7.72. The molecule has 4 N–H and O–H groups in total. The topological polar surface area (TPSA) is 118 Å². The molecule has 0 atom stereocenters.